The van der Waals surface area contributed by atoms with Crippen molar-refractivity contribution < 1.29 is 13.9 Å². The Bertz CT molecular complexity index is 1460. The van der Waals surface area contributed by atoms with Crippen molar-refractivity contribution in [2.45, 2.75) is 104 Å². The molecule has 0 bridgehead atoms. The molecular formula is C38H54FN5O2. The molecule has 4 heterocycles. The van der Waals surface area contributed by atoms with E-state index in [0.717, 1.165) is 79.1 Å². The minimum atomic E-state index is -0.425. The van der Waals surface area contributed by atoms with Crippen molar-refractivity contribution in [3.63, 3.8) is 0 Å². The highest BCUT2D eigenvalue weighted by Gasteiger charge is 2.40. The second-order valence-electron chi connectivity index (χ2n) is 13.7. The highest BCUT2D eigenvalue weighted by atomic mass is 19.1. The molecule has 0 spiro atoms. The number of allylic oxidation sites excluding steroid dienone is 5. The van der Waals surface area contributed by atoms with Gasteiger partial charge in [-0.3, -0.25) is 4.79 Å². The number of hydrogen-bond donors (Lipinski definition) is 0. The van der Waals surface area contributed by atoms with Gasteiger partial charge in [-0.25, -0.2) is 14.4 Å². The first-order chi connectivity index (χ1) is 21.9. The van der Waals surface area contributed by atoms with Gasteiger partial charge in [-0.15, -0.1) is 0 Å². The number of carbonyl (C=O) groups excluding carboxylic acids is 1. The number of hydrogen-bond acceptors (Lipinski definition) is 6. The molecule has 46 heavy (non-hydrogen) atoms. The highest BCUT2D eigenvalue weighted by molar-refractivity contribution is 5.93. The Balaban J connectivity index is 0.00000235. The number of halogens is 1. The summed E-state index contributed by atoms with van der Waals surface area (Å²) in [4.78, 5) is 30.1. The lowest BCUT2D eigenvalue weighted by Gasteiger charge is -2.47. The van der Waals surface area contributed by atoms with Crippen LogP contribution in [0.4, 0.5) is 15.9 Å². The molecule has 0 unspecified atom stereocenters. The molecule has 0 radical (unpaired) electrons. The highest BCUT2D eigenvalue weighted by Crippen LogP contribution is 2.42. The summed E-state index contributed by atoms with van der Waals surface area (Å²) in [5, 5.41) is 0. The molecule has 2 aliphatic heterocycles. The zero-order valence-electron chi connectivity index (χ0n) is 29.4. The average Bonchev–Trinajstić information content (AvgIpc) is 3.04. The van der Waals surface area contributed by atoms with Gasteiger partial charge in [0.15, 0.2) is 0 Å². The number of carbonyl (C=O) groups is 1. The summed E-state index contributed by atoms with van der Waals surface area (Å²) in [5.41, 5.74) is 4.73. The summed E-state index contributed by atoms with van der Waals surface area (Å²) in [5.74, 6) is 1.47. The Labute approximate surface area is 276 Å². The molecule has 1 saturated heterocycles. The maximum atomic E-state index is 15.1. The second kappa shape index (κ2) is 14.8. The Kier molecular flexibility index (Phi) is 11.3. The largest absolute Gasteiger partial charge is 0.501 e. The summed E-state index contributed by atoms with van der Waals surface area (Å²) >= 11 is 0. The SMILES string of the molecule is C=C(Cc1ccc(N2CCN(C(=O)c3ccc4c(n3)C(C)(C)CCN4C3=CC(F)=C(CCCC)CC3)C(C)(C)C2)nc1)OC.CC. The summed E-state index contributed by atoms with van der Waals surface area (Å²) in [6.45, 7) is 21.3. The van der Waals surface area contributed by atoms with Crippen LogP contribution in [-0.4, -0.2) is 59.6 Å². The number of fused-ring (bicyclic) bond motifs is 1. The van der Waals surface area contributed by atoms with E-state index in [4.69, 9.17) is 14.7 Å². The van der Waals surface area contributed by atoms with Gasteiger partial charge in [0.25, 0.3) is 5.91 Å². The Morgan fingerprint density at radius 3 is 2.46 bits per heavy atom. The minimum absolute atomic E-state index is 0.0572. The number of unbranched alkanes of at least 4 members (excludes halogenated alkanes) is 1. The van der Waals surface area contributed by atoms with Crippen molar-refractivity contribution in [2.24, 2.45) is 0 Å². The molecule has 0 atom stereocenters. The maximum Gasteiger partial charge on any atom is 0.273 e. The van der Waals surface area contributed by atoms with Gasteiger partial charge < -0.3 is 19.4 Å². The first kappa shape index (κ1) is 35.2. The molecule has 0 N–H and O–H groups in total. The second-order valence-corrected chi connectivity index (χ2v) is 13.7. The molecule has 0 saturated carbocycles. The lowest BCUT2D eigenvalue weighted by molar-refractivity contribution is 0.0507. The molecule has 1 aliphatic carbocycles. The number of rotatable bonds is 9. The third-order valence-electron chi connectivity index (χ3n) is 9.45. The van der Waals surface area contributed by atoms with E-state index >= 15 is 4.39 Å². The van der Waals surface area contributed by atoms with Gasteiger partial charge >= 0.3 is 0 Å². The first-order valence-electron chi connectivity index (χ1n) is 17.0. The molecule has 1 amide bonds. The van der Waals surface area contributed by atoms with Gasteiger partial charge in [0.2, 0.25) is 0 Å². The lowest BCUT2D eigenvalue weighted by Crippen LogP contribution is -2.61. The normalized spacial score (nSPS) is 18.7. The number of anilines is 2. The van der Waals surface area contributed by atoms with Crippen LogP contribution in [-0.2, 0) is 16.6 Å². The molecule has 250 valence electrons. The predicted octanol–water partition coefficient (Wildman–Crippen LogP) is 8.53. The topological polar surface area (TPSA) is 61.8 Å². The maximum absolute atomic E-state index is 15.1. The first-order valence-corrected chi connectivity index (χ1v) is 17.0. The number of piperazine rings is 1. The summed E-state index contributed by atoms with van der Waals surface area (Å²) < 4.78 is 20.3. The molecule has 5 rings (SSSR count). The van der Waals surface area contributed by atoms with Gasteiger partial charge in [0.1, 0.15) is 17.3 Å². The van der Waals surface area contributed by atoms with Crippen molar-refractivity contribution >= 4 is 17.4 Å². The molecule has 2 aromatic rings. The van der Waals surface area contributed by atoms with Crippen molar-refractivity contribution in [3.05, 3.63) is 82.9 Å². The van der Waals surface area contributed by atoms with Crippen LogP contribution >= 0.6 is 0 Å². The smallest absolute Gasteiger partial charge is 0.273 e. The third kappa shape index (κ3) is 7.64. The number of amides is 1. The quantitative estimate of drug-likeness (QED) is 0.259. The Morgan fingerprint density at radius 1 is 1.07 bits per heavy atom. The summed E-state index contributed by atoms with van der Waals surface area (Å²) in [6.07, 6.45) is 9.63. The van der Waals surface area contributed by atoms with Gasteiger partial charge in [-0.1, -0.05) is 53.7 Å². The molecule has 1 fully saturated rings. The van der Waals surface area contributed by atoms with Crippen LogP contribution < -0.4 is 9.80 Å². The van der Waals surface area contributed by atoms with E-state index in [1.807, 2.05) is 43.1 Å². The molecule has 2 aromatic heterocycles. The minimum Gasteiger partial charge on any atom is -0.501 e. The Hall–Kier alpha value is -3.68. The van der Waals surface area contributed by atoms with Crippen LogP contribution in [0.1, 0.15) is 109 Å². The molecule has 0 aromatic carbocycles. The van der Waals surface area contributed by atoms with Crippen molar-refractivity contribution in [1.82, 2.24) is 14.9 Å². The van der Waals surface area contributed by atoms with E-state index in [1.54, 1.807) is 13.2 Å². The van der Waals surface area contributed by atoms with Gasteiger partial charge in [-0.05, 0) is 81.4 Å². The van der Waals surface area contributed by atoms with Crippen LogP contribution in [0.2, 0.25) is 0 Å². The summed E-state index contributed by atoms with van der Waals surface area (Å²) in [7, 11) is 1.63. The molecule has 3 aliphatic rings. The number of aromatic nitrogens is 2. The standard InChI is InChI=1S/C36H48FN5O2.C2H6/c1-8-9-10-27-12-13-28(22-29(27)37)41-18-17-35(3,4)33-31(41)15-14-30(39-33)34(43)42-20-19-40(24-36(42,5)6)32-16-11-26(23-38-32)21-25(2)44-7;1-2/h11,14-16,22-23H,2,8-10,12-13,17-21,24H2,1,3-7H3;1-2H3. The monoisotopic (exact) mass is 631 g/mol. The molecular weight excluding hydrogens is 577 g/mol. The average molecular weight is 632 g/mol. The van der Waals surface area contributed by atoms with E-state index in [2.05, 4.69) is 57.1 Å². The van der Waals surface area contributed by atoms with Gasteiger partial charge in [0.05, 0.1) is 29.8 Å². The predicted molar refractivity (Wildman–Crippen MR) is 187 cm³/mol. The number of methoxy groups -OCH3 is 1. The number of nitrogens with zero attached hydrogens (tertiary/aromatic N) is 5. The fraction of sp³-hybridized carbons (Fsp3) is 0.553. The fourth-order valence-electron chi connectivity index (χ4n) is 6.65. The van der Waals surface area contributed by atoms with Crippen LogP contribution in [0.5, 0.6) is 0 Å². The van der Waals surface area contributed by atoms with Crippen LogP contribution in [0.3, 0.4) is 0 Å². The fourth-order valence-corrected chi connectivity index (χ4v) is 6.65. The van der Waals surface area contributed by atoms with Crippen LogP contribution in [0.15, 0.2) is 66.0 Å². The number of ether oxygens (including phenoxy) is 1. The lowest BCUT2D eigenvalue weighted by atomic mass is 9.80. The summed E-state index contributed by atoms with van der Waals surface area (Å²) in [6, 6.07) is 7.96. The van der Waals surface area contributed by atoms with Gasteiger partial charge in [0, 0.05) is 49.9 Å². The zero-order chi connectivity index (χ0) is 33.6. The van der Waals surface area contributed by atoms with E-state index in [1.165, 1.54) is 0 Å². The van der Waals surface area contributed by atoms with Gasteiger partial charge in [-0.2, -0.15) is 0 Å². The van der Waals surface area contributed by atoms with Crippen LogP contribution in [0.25, 0.3) is 0 Å². The van der Waals surface area contributed by atoms with E-state index in [9.17, 15) is 4.79 Å². The third-order valence-corrected chi connectivity index (χ3v) is 9.45. The molecule has 8 heteroatoms. The number of pyridine rings is 2. The van der Waals surface area contributed by atoms with Crippen LogP contribution in [0, 0.1) is 0 Å². The van der Waals surface area contributed by atoms with Crippen molar-refractivity contribution in [2.75, 3.05) is 43.1 Å². The zero-order valence-corrected chi connectivity index (χ0v) is 29.4. The van der Waals surface area contributed by atoms with Crippen molar-refractivity contribution in [3.8, 4) is 0 Å². The van der Waals surface area contributed by atoms with Crippen molar-refractivity contribution in [1.29, 1.82) is 0 Å². The van der Waals surface area contributed by atoms with E-state index in [-0.39, 0.29) is 17.1 Å². The Morgan fingerprint density at radius 2 is 1.83 bits per heavy atom. The van der Waals surface area contributed by atoms with E-state index < -0.39 is 5.54 Å². The molecule has 7 nitrogen and oxygen atoms in total. The van der Waals surface area contributed by atoms with E-state index in [0.29, 0.717) is 37.5 Å².